The van der Waals surface area contributed by atoms with Crippen LogP contribution in [0, 0.1) is 0 Å². The van der Waals surface area contributed by atoms with Crippen molar-refractivity contribution >= 4 is 11.6 Å². The average molecular weight is 218 g/mol. The van der Waals surface area contributed by atoms with Crippen molar-refractivity contribution in [2.24, 2.45) is 0 Å². The van der Waals surface area contributed by atoms with Gasteiger partial charge in [-0.15, -0.1) is 0 Å². The van der Waals surface area contributed by atoms with Gasteiger partial charge in [0.15, 0.2) is 0 Å². The molecule has 1 aromatic heterocycles. The van der Waals surface area contributed by atoms with Crippen molar-refractivity contribution < 1.29 is 14.6 Å². The molecule has 1 aromatic rings. The van der Waals surface area contributed by atoms with Gasteiger partial charge in [-0.05, 0) is 6.07 Å². The molecule has 0 bridgehead atoms. The predicted molar refractivity (Wildman–Crippen MR) is 52.5 cm³/mol. The van der Waals surface area contributed by atoms with Crippen LogP contribution in [0.15, 0.2) is 12.1 Å². The highest BCUT2D eigenvalue weighted by molar-refractivity contribution is 6.31. The van der Waals surface area contributed by atoms with E-state index in [9.17, 15) is 0 Å². The Morgan fingerprint density at radius 3 is 2.86 bits per heavy atom. The molecule has 0 unspecified atom stereocenters. The zero-order valence-corrected chi connectivity index (χ0v) is 8.62. The van der Waals surface area contributed by atoms with Crippen LogP contribution in [0.5, 0.6) is 5.88 Å². The molecule has 0 atom stereocenters. The lowest BCUT2D eigenvalue weighted by molar-refractivity contribution is 0.143. The van der Waals surface area contributed by atoms with E-state index in [1.807, 2.05) is 0 Å². The molecule has 4 nitrogen and oxygen atoms in total. The molecule has 0 saturated carbocycles. The van der Waals surface area contributed by atoms with Gasteiger partial charge in [-0.25, -0.2) is 4.98 Å². The molecule has 78 valence electrons. The van der Waals surface area contributed by atoms with Crippen LogP contribution in [0.2, 0.25) is 5.02 Å². The van der Waals surface area contributed by atoms with Gasteiger partial charge in [0.25, 0.3) is 0 Å². The highest BCUT2D eigenvalue weighted by Gasteiger charge is 2.03. The number of aliphatic hydroxyl groups excluding tert-OH is 1. The first-order valence-corrected chi connectivity index (χ1v) is 4.53. The third-order valence-electron chi connectivity index (χ3n) is 1.58. The minimum absolute atomic E-state index is 0.194. The van der Waals surface area contributed by atoms with Gasteiger partial charge in [-0.3, -0.25) is 0 Å². The van der Waals surface area contributed by atoms with Crippen LogP contribution in [0.25, 0.3) is 0 Å². The molecule has 0 saturated heterocycles. The lowest BCUT2D eigenvalue weighted by atomic mass is 10.3. The van der Waals surface area contributed by atoms with Gasteiger partial charge in [0.1, 0.15) is 6.61 Å². The SMILES string of the molecule is COCCOc1ccc(Cl)c(CO)n1. The third-order valence-corrected chi connectivity index (χ3v) is 1.92. The Hall–Kier alpha value is -0.840. The summed E-state index contributed by atoms with van der Waals surface area (Å²) in [5.74, 6) is 0.440. The number of hydrogen-bond donors (Lipinski definition) is 1. The van der Waals surface area contributed by atoms with E-state index in [-0.39, 0.29) is 6.61 Å². The highest BCUT2D eigenvalue weighted by atomic mass is 35.5. The molecule has 0 fully saturated rings. The van der Waals surface area contributed by atoms with E-state index in [0.717, 1.165) is 0 Å². The Morgan fingerprint density at radius 2 is 2.21 bits per heavy atom. The summed E-state index contributed by atoms with van der Waals surface area (Å²) in [6, 6.07) is 3.29. The number of pyridine rings is 1. The fourth-order valence-electron chi connectivity index (χ4n) is 0.885. The van der Waals surface area contributed by atoms with E-state index in [0.29, 0.717) is 29.8 Å². The van der Waals surface area contributed by atoms with Gasteiger partial charge < -0.3 is 14.6 Å². The molecule has 0 spiro atoms. The van der Waals surface area contributed by atoms with E-state index in [2.05, 4.69) is 4.98 Å². The summed E-state index contributed by atoms with van der Waals surface area (Å²) in [7, 11) is 1.60. The molecular formula is C9H12ClNO3. The summed E-state index contributed by atoms with van der Waals surface area (Å²) in [6.07, 6.45) is 0. The van der Waals surface area contributed by atoms with Crippen LogP contribution in [0.1, 0.15) is 5.69 Å². The Labute approximate surface area is 87.4 Å². The minimum Gasteiger partial charge on any atom is -0.475 e. The van der Waals surface area contributed by atoms with Crippen LogP contribution >= 0.6 is 11.6 Å². The van der Waals surface area contributed by atoms with Crippen molar-refractivity contribution in [2.75, 3.05) is 20.3 Å². The molecule has 0 aliphatic rings. The Balaban J connectivity index is 2.60. The molecule has 0 radical (unpaired) electrons. The zero-order valence-electron chi connectivity index (χ0n) is 7.86. The monoisotopic (exact) mass is 217 g/mol. The third kappa shape index (κ3) is 3.14. The maximum absolute atomic E-state index is 8.89. The van der Waals surface area contributed by atoms with Crippen molar-refractivity contribution in [1.29, 1.82) is 0 Å². The number of hydrogen-bond acceptors (Lipinski definition) is 4. The fourth-order valence-corrected chi connectivity index (χ4v) is 1.05. The molecular weight excluding hydrogens is 206 g/mol. The molecule has 1 heterocycles. The van der Waals surface area contributed by atoms with Crippen molar-refractivity contribution in [2.45, 2.75) is 6.61 Å². The number of aromatic nitrogens is 1. The number of halogens is 1. The number of rotatable bonds is 5. The molecule has 0 aliphatic carbocycles. The second-order valence-corrected chi connectivity index (χ2v) is 2.98. The Kier molecular flexibility index (Phi) is 4.65. The normalized spacial score (nSPS) is 10.2. The Bertz CT molecular complexity index is 293. The van der Waals surface area contributed by atoms with E-state index in [4.69, 9.17) is 26.2 Å². The predicted octanol–water partition coefficient (Wildman–Crippen LogP) is 1.25. The highest BCUT2D eigenvalue weighted by Crippen LogP contribution is 2.17. The molecule has 5 heteroatoms. The first kappa shape index (κ1) is 11.2. The number of aliphatic hydroxyl groups is 1. The minimum atomic E-state index is -0.194. The summed E-state index contributed by atoms with van der Waals surface area (Å²) < 4.78 is 10.1. The van der Waals surface area contributed by atoms with E-state index >= 15 is 0 Å². The standard InChI is InChI=1S/C9H12ClNO3/c1-13-4-5-14-9-3-2-7(10)8(6-12)11-9/h2-3,12H,4-6H2,1H3. The average Bonchev–Trinajstić information content (AvgIpc) is 2.21. The lowest BCUT2D eigenvalue weighted by Crippen LogP contribution is -2.06. The van der Waals surface area contributed by atoms with Gasteiger partial charge in [-0.2, -0.15) is 0 Å². The summed E-state index contributed by atoms with van der Waals surface area (Å²) in [5.41, 5.74) is 0.418. The van der Waals surface area contributed by atoms with E-state index in [1.54, 1.807) is 19.2 Å². The topological polar surface area (TPSA) is 51.6 Å². The molecule has 14 heavy (non-hydrogen) atoms. The molecule has 0 aromatic carbocycles. The quantitative estimate of drug-likeness (QED) is 0.755. The van der Waals surface area contributed by atoms with Crippen molar-refractivity contribution in [3.8, 4) is 5.88 Å². The smallest absolute Gasteiger partial charge is 0.213 e. The summed E-state index contributed by atoms with van der Waals surface area (Å²) in [5, 5.41) is 9.32. The molecule has 0 amide bonds. The fraction of sp³-hybridized carbons (Fsp3) is 0.444. The van der Waals surface area contributed by atoms with Gasteiger partial charge in [-0.1, -0.05) is 11.6 Å². The second kappa shape index (κ2) is 5.80. The van der Waals surface area contributed by atoms with Crippen molar-refractivity contribution in [1.82, 2.24) is 4.98 Å². The summed E-state index contributed by atoms with van der Waals surface area (Å²) in [6.45, 7) is 0.731. The van der Waals surface area contributed by atoms with E-state index in [1.165, 1.54) is 0 Å². The second-order valence-electron chi connectivity index (χ2n) is 2.58. The lowest BCUT2D eigenvalue weighted by Gasteiger charge is -2.06. The number of nitrogens with zero attached hydrogens (tertiary/aromatic N) is 1. The van der Waals surface area contributed by atoms with E-state index < -0.39 is 0 Å². The largest absolute Gasteiger partial charge is 0.475 e. The molecule has 0 aliphatic heterocycles. The van der Waals surface area contributed by atoms with Crippen molar-refractivity contribution in [3.05, 3.63) is 22.8 Å². The number of ether oxygens (including phenoxy) is 2. The summed E-state index contributed by atoms with van der Waals surface area (Å²) in [4.78, 5) is 4.00. The van der Waals surface area contributed by atoms with Crippen LogP contribution in [-0.4, -0.2) is 30.4 Å². The van der Waals surface area contributed by atoms with Crippen LogP contribution in [0.3, 0.4) is 0 Å². The Morgan fingerprint density at radius 1 is 1.43 bits per heavy atom. The van der Waals surface area contributed by atoms with Gasteiger partial charge in [0, 0.05) is 13.2 Å². The molecule has 1 N–H and O–H groups in total. The molecule has 1 rings (SSSR count). The maximum Gasteiger partial charge on any atom is 0.213 e. The zero-order chi connectivity index (χ0) is 10.4. The summed E-state index contributed by atoms with van der Waals surface area (Å²) >= 11 is 5.75. The van der Waals surface area contributed by atoms with Crippen LogP contribution in [0.4, 0.5) is 0 Å². The van der Waals surface area contributed by atoms with Crippen molar-refractivity contribution in [3.63, 3.8) is 0 Å². The first-order chi connectivity index (χ1) is 6.77. The van der Waals surface area contributed by atoms with Gasteiger partial charge >= 0.3 is 0 Å². The number of methoxy groups -OCH3 is 1. The van der Waals surface area contributed by atoms with Gasteiger partial charge in [0.2, 0.25) is 5.88 Å². The van der Waals surface area contributed by atoms with Crippen LogP contribution < -0.4 is 4.74 Å². The maximum atomic E-state index is 8.89. The van der Waals surface area contributed by atoms with Gasteiger partial charge in [0.05, 0.1) is 23.9 Å². The van der Waals surface area contributed by atoms with Crippen LogP contribution in [-0.2, 0) is 11.3 Å². The first-order valence-electron chi connectivity index (χ1n) is 4.16.